The predicted molar refractivity (Wildman–Crippen MR) is 130 cm³/mol. The number of hydrogen-bond donors (Lipinski definition) is 2. The molecular formula is C22H27Cl2N3O4S. The maximum Gasteiger partial charge on any atom is 0.337 e. The van der Waals surface area contributed by atoms with E-state index in [1.165, 1.54) is 11.8 Å². The fraction of sp³-hybridized carbons (Fsp3) is 0.409. The largest absolute Gasteiger partial charge is 0.460 e. The Hall–Kier alpha value is -2.16. The third kappa shape index (κ3) is 6.21. The molecule has 2 rings (SSSR count). The van der Waals surface area contributed by atoms with Gasteiger partial charge in [-0.05, 0) is 45.6 Å². The highest BCUT2D eigenvalue weighted by Crippen LogP contribution is 2.43. The van der Waals surface area contributed by atoms with E-state index in [4.69, 9.17) is 38.4 Å². The van der Waals surface area contributed by atoms with Gasteiger partial charge in [0.25, 0.3) is 0 Å². The number of esters is 2. The van der Waals surface area contributed by atoms with Crippen LogP contribution in [0.15, 0.2) is 45.7 Å². The normalized spacial score (nSPS) is 16.9. The van der Waals surface area contributed by atoms with Crippen molar-refractivity contribution in [1.29, 1.82) is 0 Å². The van der Waals surface area contributed by atoms with Gasteiger partial charge in [-0.2, -0.15) is 0 Å². The molecule has 0 radical (unpaired) electrons. The monoisotopic (exact) mass is 499 g/mol. The maximum absolute atomic E-state index is 13.1. The second-order valence-electron chi connectivity index (χ2n) is 7.29. The summed E-state index contributed by atoms with van der Waals surface area (Å²) in [5, 5.41) is 4.05. The van der Waals surface area contributed by atoms with Crippen molar-refractivity contribution in [2.75, 3.05) is 19.4 Å². The molecule has 1 aromatic carbocycles. The first-order valence-electron chi connectivity index (χ1n) is 9.92. The number of nitrogens with two attached hydrogens (primary N) is 1. The molecule has 1 aromatic rings. The van der Waals surface area contributed by atoms with E-state index in [-0.39, 0.29) is 35.4 Å². The van der Waals surface area contributed by atoms with Crippen LogP contribution in [0.3, 0.4) is 0 Å². The van der Waals surface area contributed by atoms with Crippen molar-refractivity contribution >= 4 is 52.1 Å². The minimum atomic E-state index is -0.819. The van der Waals surface area contributed by atoms with E-state index in [2.05, 4.69) is 10.3 Å². The molecule has 0 spiro atoms. The highest BCUT2D eigenvalue weighted by atomic mass is 35.5. The molecule has 0 fully saturated rings. The number of benzene rings is 1. The van der Waals surface area contributed by atoms with Crippen LogP contribution in [-0.4, -0.2) is 42.6 Å². The Labute approximate surface area is 202 Å². The summed E-state index contributed by atoms with van der Waals surface area (Å²) < 4.78 is 10.9. The van der Waals surface area contributed by atoms with Crippen molar-refractivity contribution in [3.05, 3.63) is 56.3 Å². The number of thioether (sulfide) groups is 1. The van der Waals surface area contributed by atoms with Crippen molar-refractivity contribution in [3.63, 3.8) is 0 Å². The molecule has 0 aromatic heterocycles. The number of amidine groups is 1. The SMILES string of the molecule is CSC(N)=NCCOC(=O)C1=C(C)NC(C)=C(C(=O)OC(C)C)C1c1cccc(Cl)c1Cl. The molecule has 1 atom stereocenters. The number of aliphatic imine (C=N–C) groups is 1. The van der Waals surface area contributed by atoms with Crippen LogP contribution >= 0.6 is 35.0 Å². The topological polar surface area (TPSA) is 103 Å². The van der Waals surface area contributed by atoms with Gasteiger partial charge in [-0.1, -0.05) is 47.1 Å². The lowest BCUT2D eigenvalue weighted by atomic mass is 9.80. The molecular weight excluding hydrogens is 473 g/mol. The number of rotatable bonds is 7. The zero-order valence-corrected chi connectivity index (χ0v) is 21.0. The quantitative estimate of drug-likeness (QED) is 0.248. The summed E-state index contributed by atoms with van der Waals surface area (Å²) in [5.41, 5.74) is 7.78. The number of nitrogens with zero attached hydrogens (tertiary/aromatic N) is 1. The Balaban J connectivity index is 2.50. The lowest BCUT2D eigenvalue weighted by Gasteiger charge is -2.31. The summed E-state index contributed by atoms with van der Waals surface area (Å²) in [6.45, 7) is 7.23. The molecule has 1 aliphatic rings. The third-order valence-electron chi connectivity index (χ3n) is 4.64. The van der Waals surface area contributed by atoms with Crippen LogP contribution in [0.1, 0.15) is 39.2 Å². The van der Waals surface area contributed by atoms with E-state index >= 15 is 0 Å². The maximum atomic E-state index is 13.1. The lowest BCUT2D eigenvalue weighted by molar-refractivity contribution is -0.143. The van der Waals surface area contributed by atoms with E-state index < -0.39 is 17.9 Å². The summed E-state index contributed by atoms with van der Waals surface area (Å²) in [6.07, 6.45) is 1.46. The summed E-state index contributed by atoms with van der Waals surface area (Å²) in [5.74, 6) is -1.97. The number of dihydropyridines is 1. The fourth-order valence-electron chi connectivity index (χ4n) is 3.30. The molecule has 1 unspecified atom stereocenters. The molecule has 0 bridgehead atoms. The molecule has 3 N–H and O–H groups in total. The minimum Gasteiger partial charge on any atom is -0.460 e. The Morgan fingerprint density at radius 2 is 1.81 bits per heavy atom. The van der Waals surface area contributed by atoms with Gasteiger partial charge in [-0.3, -0.25) is 4.99 Å². The van der Waals surface area contributed by atoms with Crippen molar-refractivity contribution in [2.45, 2.75) is 39.7 Å². The van der Waals surface area contributed by atoms with Crippen molar-refractivity contribution < 1.29 is 19.1 Å². The zero-order valence-electron chi connectivity index (χ0n) is 18.6. The summed E-state index contributed by atoms with van der Waals surface area (Å²) in [4.78, 5) is 30.3. The van der Waals surface area contributed by atoms with Crippen LogP contribution in [0, 0.1) is 0 Å². The number of nitrogens with one attached hydrogen (secondary N) is 1. The molecule has 1 heterocycles. The number of ether oxygens (including phenoxy) is 2. The van der Waals surface area contributed by atoms with Crippen LogP contribution in [0.2, 0.25) is 10.0 Å². The molecule has 0 saturated carbocycles. The summed E-state index contributed by atoms with van der Waals surface area (Å²) in [7, 11) is 0. The predicted octanol–water partition coefficient (Wildman–Crippen LogP) is 4.40. The lowest BCUT2D eigenvalue weighted by Crippen LogP contribution is -2.33. The highest BCUT2D eigenvalue weighted by Gasteiger charge is 2.39. The Morgan fingerprint density at radius 3 is 2.41 bits per heavy atom. The second-order valence-corrected chi connectivity index (χ2v) is 8.90. The number of allylic oxidation sites excluding steroid dienone is 2. The third-order valence-corrected chi connectivity index (χ3v) is 6.02. The van der Waals surface area contributed by atoms with Gasteiger partial charge < -0.3 is 20.5 Å². The average molecular weight is 500 g/mol. The number of hydrogen-bond acceptors (Lipinski definition) is 7. The van der Waals surface area contributed by atoms with E-state index in [0.29, 0.717) is 27.1 Å². The van der Waals surface area contributed by atoms with Gasteiger partial charge in [-0.15, -0.1) is 0 Å². The fourth-order valence-corrected chi connectivity index (χ4v) is 3.94. The van der Waals surface area contributed by atoms with E-state index in [0.717, 1.165) is 0 Å². The first-order chi connectivity index (χ1) is 15.1. The van der Waals surface area contributed by atoms with Gasteiger partial charge in [-0.25, -0.2) is 9.59 Å². The molecule has 10 heteroatoms. The first-order valence-corrected chi connectivity index (χ1v) is 11.9. The summed E-state index contributed by atoms with van der Waals surface area (Å²) >= 11 is 14.1. The van der Waals surface area contributed by atoms with Crippen LogP contribution in [0.4, 0.5) is 0 Å². The minimum absolute atomic E-state index is 0.0291. The first kappa shape index (κ1) is 26.1. The molecule has 0 aliphatic carbocycles. The van der Waals surface area contributed by atoms with Gasteiger partial charge in [0.2, 0.25) is 0 Å². The van der Waals surface area contributed by atoms with Crippen LogP contribution in [0.5, 0.6) is 0 Å². The summed E-state index contributed by atoms with van der Waals surface area (Å²) in [6, 6.07) is 5.08. The van der Waals surface area contributed by atoms with Crippen LogP contribution in [0.25, 0.3) is 0 Å². The zero-order chi connectivity index (χ0) is 24.0. The Kier molecular flexibility index (Phi) is 9.48. The second kappa shape index (κ2) is 11.6. The molecule has 174 valence electrons. The van der Waals surface area contributed by atoms with E-state index in [9.17, 15) is 9.59 Å². The van der Waals surface area contributed by atoms with Gasteiger partial charge >= 0.3 is 11.9 Å². The van der Waals surface area contributed by atoms with Crippen LogP contribution < -0.4 is 11.1 Å². The van der Waals surface area contributed by atoms with Crippen LogP contribution in [-0.2, 0) is 19.1 Å². The Morgan fingerprint density at radius 1 is 1.19 bits per heavy atom. The standard InChI is InChI=1S/C22H27Cl2N3O4S/c1-11(2)31-21(29)17-13(4)27-12(3)16(20(28)30-10-9-26-22(25)32-5)18(17)14-7-6-8-15(23)19(14)24/h6-8,11,18,27H,9-10H2,1-5H3,(H2,25,26). The van der Waals surface area contributed by atoms with E-state index in [1.807, 2.05) is 0 Å². The van der Waals surface area contributed by atoms with Gasteiger partial charge in [0.15, 0.2) is 5.17 Å². The molecule has 0 amide bonds. The van der Waals surface area contributed by atoms with Crippen molar-refractivity contribution in [2.24, 2.45) is 10.7 Å². The number of carbonyl (C=O) groups is 2. The Bertz CT molecular complexity index is 989. The molecule has 32 heavy (non-hydrogen) atoms. The average Bonchev–Trinajstić information content (AvgIpc) is 2.71. The van der Waals surface area contributed by atoms with Gasteiger partial charge in [0.1, 0.15) is 6.61 Å². The smallest absolute Gasteiger partial charge is 0.337 e. The molecule has 7 nitrogen and oxygen atoms in total. The van der Waals surface area contributed by atoms with E-state index in [1.54, 1.807) is 52.1 Å². The molecule has 0 saturated heterocycles. The highest BCUT2D eigenvalue weighted by molar-refractivity contribution is 8.13. The number of carbonyl (C=O) groups excluding carboxylic acids is 2. The van der Waals surface area contributed by atoms with Crippen molar-refractivity contribution in [1.82, 2.24) is 5.32 Å². The van der Waals surface area contributed by atoms with Crippen molar-refractivity contribution in [3.8, 4) is 0 Å². The number of halogens is 2. The van der Waals surface area contributed by atoms with Gasteiger partial charge in [0.05, 0.1) is 39.8 Å². The molecule has 1 aliphatic heterocycles. The van der Waals surface area contributed by atoms with Gasteiger partial charge in [0, 0.05) is 11.4 Å².